The quantitative estimate of drug-likeness (QED) is 0.416. The summed E-state index contributed by atoms with van der Waals surface area (Å²) in [6.07, 6.45) is 1.40. The van der Waals surface area contributed by atoms with Gasteiger partial charge < -0.3 is 9.73 Å². The monoisotopic (exact) mass is 426 g/mol. The first-order valence-electron chi connectivity index (χ1n) is 7.59. The molecular formula is C20H12BrClN2O2. The van der Waals surface area contributed by atoms with E-state index in [1.54, 1.807) is 42.5 Å². The molecule has 0 unspecified atom stereocenters. The van der Waals surface area contributed by atoms with Gasteiger partial charge >= 0.3 is 0 Å². The minimum Gasteiger partial charge on any atom is -0.457 e. The second-order valence-electron chi connectivity index (χ2n) is 5.35. The van der Waals surface area contributed by atoms with Crippen LogP contribution in [0.25, 0.3) is 17.4 Å². The molecule has 26 heavy (non-hydrogen) atoms. The number of nitrogens with zero attached hydrogens (tertiary/aromatic N) is 1. The molecule has 0 aliphatic rings. The summed E-state index contributed by atoms with van der Waals surface area (Å²) in [5.74, 6) is 0.496. The summed E-state index contributed by atoms with van der Waals surface area (Å²) in [5.41, 5.74) is 1.34. The Morgan fingerprint density at radius 1 is 1.15 bits per heavy atom. The lowest BCUT2D eigenvalue weighted by Crippen LogP contribution is -2.13. The van der Waals surface area contributed by atoms with E-state index in [1.807, 2.05) is 24.3 Å². The van der Waals surface area contributed by atoms with Crippen LogP contribution in [0.1, 0.15) is 5.76 Å². The Balaban J connectivity index is 1.81. The van der Waals surface area contributed by atoms with Crippen LogP contribution < -0.4 is 5.32 Å². The lowest BCUT2D eigenvalue weighted by atomic mass is 10.2. The Morgan fingerprint density at radius 3 is 2.69 bits per heavy atom. The van der Waals surface area contributed by atoms with E-state index < -0.39 is 5.91 Å². The molecule has 0 atom stereocenters. The number of anilines is 1. The number of carbonyl (C=O) groups is 1. The fraction of sp³-hybridized carbons (Fsp3) is 0. The number of halogens is 2. The fourth-order valence-electron chi connectivity index (χ4n) is 2.28. The molecular weight excluding hydrogens is 416 g/mol. The first kappa shape index (κ1) is 18.0. The van der Waals surface area contributed by atoms with Gasteiger partial charge in [0, 0.05) is 26.8 Å². The molecule has 0 spiro atoms. The van der Waals surface area contributed by atoms with E-state index in [1.165, 1.54) is 6.08 Å². The average molecular weight is 428 g/mol. The highest BCUT2D eigenvalue weighted by molar-refractivity contribution is 9.10. The van der Waals surface area contributed by atoms with E-state index >= 15 is 0 Å². The third kappa shape index (κ3) is 4.42. The molecule has 2 aromatic carbocycles. The molecule has 0 fully saturated rings. The molecule has 0 saturated carbocycles. The fourth-order valence-corrected chi connectivity index (χ4v) is 2.87. The Kier molecular flexibility index (Phi) is 5.57. The van der Waals surface area contributed by atoms with Gasteiger partial charge in [0.05, 0.1) is 0 Å². The van der Waals surface area contributed by atoms with Crippen LogP contribution in [0, 0.1) is 11.3 Å². The normalized spacial score (nSPS) is 11.0. The van der Waals surface area contributed by atoms with Crippen LogP contribution in [-0.2, 0) is 4.79 Å². The number of carbonyl (C=O) groups excluding carboxylic acids is 1. The maximum Gasteiger partial charge on any atom is 0.266 e. The number of hydrogen-bond acceptors (Lipinski definition) is 3. The Morgan fingerprint density at radius 2 is 1.96 bits per heavy atom. The molecule has 0 bridgehead atoms. The minimum atomic E-state index is -0.508. The van der Waals surface area contributed by atoms with E-state index in [0.717, 1.165) is 10.0 Å². The van der Waals surface area contributed by atoms with Gasteiger partial charge in [-0.05, 0) is 42.5 Å². The van der Waals surface area contributed by atoms with Gasteiger partial charge in [0.2, 0.25) is 0 Å². The second kappa shape index (κ2) is 8.05. The standard InChI is InChI=1S/C20H12BrClN2O2/c21-15-4-2-6-17(11-15)24-20(25)14(12-23)10-18-7-8-19(26-18)13-3-1-5-16(22)9-13/h1-11H,(H,24,25)/b14-10-. The third-order valence-electron chi connectivity index (χ3n) is 3.47. The summed E-state index contributed by atoms with van der Waals surface area (Å²) >= 11 is 9.32. The summed E-state index contributed by atoms with van der Waals surface area (Å²) in [7, 11) is 0. The maximum atomic E-state index is 12.3. The summed E-state index contributed by atoms with van der Waals surface area (Å²) in [6, 6.07) is 19.7. The zero-order chi connectivity index (χ0) is 18.5. The highest BCUT2D eigenvalue weighted by Crippen LogP contribution is 2.26. The molecule has 1 N–H and O–H groups in total. The van der Waals surface area contributed by atoms with E-state index in [-0.39, 0.29) is 5.57 Å². The zero-order valence-electron chi connectivity index (χ0n) is 13.4. The lowest BCUT2D eigenvalue weighted by Gasteiger charge is -2.04. The van der Waals surface area contributed by atoms with Crippen LogP contribution in [0.2, 0.25) is 5.02 Å². The van der Waals surface area contributed by atoms with Crippen molar-refractivity contribution in [1.82, 2.24) is 0 Å². The van der Waals surface area contributed by atoms with Gasteiger partial charge in [-0.1, -0.05) is 45.7 Å². The number of nitrogens with one attached hydrogen (secondary N) is 1. The maximum absolute atomic E-state index is 12.3. The van der Waals surface area contributed by atoms with Crippen LogP contribution in [0.4, 0.5) is 5.69 Å². The van der Waals surface area contributed by atoms with Crippen LogP contribution in [0.5, 0.6) is 0 Å². The summed E-state index contributed by atoms with van der Waals surface area (Å²) in [5, 5.41) is 12.6. The number of hydrogen-bond donors (Lipinski definition) is 1. The summed E-state index contributed by atoms with van der Waals surface area (Å²) in [6.45, 7) is 0. The van der Waals surface area contributed by atoms with Gasteiger partial charge in [-0.25, -0.2) is 0 Å². The lowest BCUT2D eigenvalue weighted by molar-refractivity contribution is -0.112. The van der Waals surface area contributed by atoms with Gasteiger partial charge in [-0.2, -0.15) is 5.26 Å². The van der Waals surface area contributed by atoms with Gasteiger partial charge in [-0.3, -0.25) is 4.79 Å². The molecule has 3 aromatic rings. The van der Waals surface area contributed by atoms with Crippen LogP contribution >= 0.6 is 27.5 Å². The first-order chi connectivity index (χ1) is 12.5. The smallest absolute Gasteiger partial charge is 0.266 e. The third-order valence-corrected chi connectivity index (χ3v) is 4.20. The highest BCUT2D eigenvalue weighted by Gasteiger charge is 2.12. The highest BCUT2D eigenvalue weighted by atomic mass is 79.9. The van der Waals surface area contributed by atoms with Gasteiger partial charge in [0.25, 0.3) is 5.91 Å². The van der Waals surface area contributed by atoms with Crippen LogP contribution in [0.15, 0.2) is 75.1 Å². The Labute approximate surface area is 163 Å². The summed E-state index contributed by atoms with van der Waals surface area (Å²) < 4.78 is 6.53. The molecule has 0 aliphatic carbocycles. The molecule has 0 saturated heterocycles. The van der Waals surface area contributed by atoms with Crippen molar-refractivity contribution in [3.05, 3.63) is 81.5 Å². The zero-order valence-corrected chi connectivity index (χ0v) is 15.7. The van der Waals surface area contributed by atoms with Crippen molar-refractivity contribution in [2.24, 2.45) is 0 Å². The van der Waals surface area contributed by atoms with Crippen molar-refractivity contribution in [2.75, 3.05) is 5.32 Å². The molecule has 0 aliphatic heterocycles. The molecule has 4 nitrogen and oxygen atoms in total. The number of benzene rings is 2. The van der Waals surface area contributed by atoms with E-state index in [2.05, 4.69) is 21.2 Å². The van der Waals surface area contributed by atoms with Gasteiger partial charge in [-0.15, -0.1) is 0 Å². The largest absolute Gasteiger partial charge is 0.457 e. The molecule has 6 heteroatoms. The number of furan rings is 1. The first-order valence-corrected chi connectivity index (χ1v) is 8.77. The Bertz CT molecular complexity index is 1030. The van der Waals surface area contributed by atoms with Crippen molar-refractivity contribution < 1.29 is 9.21 Å². The molecule has 0 radical (unpaired) electrons. The molecule has 1 aromatic heterocycles. The number of nitriles is 1. The van der Waals surface area contributed by atoms with Crippen molar-refractivity contribution >= 4 is 45.2 Å². The molecule has 1 amide bonds. The average Bonchev–Trinajstić information content (AvgIpc) is 3.08. The SMILES string of the molecule is N#C/C(=C/c1ccc(-c2cccc(Cl)c2)o1)C(=O)Nc1cccc(Br)c1. The Hall–Kier alpha value is -2.81. The summed E-state index contributed by atoms with van der Waals surface area (Å²) in [4.78, 5) is 12.3. The van der Waals surface area contributed by atoms with Crippen molar-refractivity contribution in [1.29, 1.82) is 5.26 Å². The predicted molar refractivity (Wildman–Crippen MR) is 106 cm³/mol. The second-order valence-corrected chi connectivity index (χ2v) is 6.70. The van der Waals surface area contributed by atoms with Crippen molar-refractivity contribution in [3.63, 3.8) is 0 Å². The van der Waals surface area contributed by atoms with Crippen LogP contribution in [0.3, 0.4) is 0 Å². The van der Waals surface area contributed by atoms with E-state index in [9.17, 15) is 10.1 Å². The van der Waals surface area contributed by atoms with Gasteiger partial charge in [0.15, 0.2) is 0 Å². The van der Waals surface area contributed by atoms with E-state index in [4.69, 9.17) is 16.0 Å². The predicted octanol–water partition coefficient (Wildman–Crippen LogP) is 5.91. The van der Waals surface area contributed by atoms with E-state index in [0.29, 0.717) is 22.2 Å². The van der Waals surface area contributed by atoms with Gasteiger partial charge in [0.1, 0.15) is 23.2 Å². The minimum absolute atomic E-state index is 0.0584. The number of rotatable bonds is 4. The molecule has 128 valence electrons. The van der Waals surface area contributed by atoms with Crippen LogP contribution in [-0.4, -0.2) is 5.91 Å². The molecule has 1 heterocycles. The molecule has 3 rings (SSSR count). The number of amides is 1. The topological polar surface area (TPSA) is 66.0 Å². The van der Waals surface area contributed by atoms with Crippen molar-refractivity contribution in [3.8, 4) is 17.4 Å². The van der Waals surface area contributed by atoms with Crippen molar-refractivity contribution in [2.45, 2.75) is 0 Å².